The molecule has 2 N–H and O–H groups in total. The van der Waals surface area contributed by atoms with Crippen molar-refractivity contribution in [3.8, 4) is 5.75 Å². The first-order valence-electron chi connectivity index (χ1n) is 8.29. The van der Waals surface area contributed by atoms with Crippen molar-refractivity contribution in [2.24, 2.45) is 4.99 Å². The van der Waals surface area contributed by atoms with Gasteiger partial charge in [-0.25, -0.2) is 8.42 Å². The fraction of sp³-hybridized carbons (Fsp3) is 0.316. The predicted octanol–water partition coefficient (Wildman–Crippen LogP) is 2.62. The molecule has 0 radical (unpaired) electrons. The number of guanidine groups is 1. The molecule has 2 rings (SSSR count). The van der Waals surface area contributed by atoms with Crippen LogP contribution in [0.2, 0.25) is 0 Å². The number of benzene rings is 2. The highest BCUT2D eigenvalue weighted by molar-refractivity contribution is 14.0. The van der Waals surface area contributed by atoms with E-state index in [1.807, 2.05) is 36.4 Å². The molecule has 8 heteroatoms. The van der Waals surface area contributed by atoms with Crippen molar-refractivity contribution in [3.63, 3.8) is 0 Å². The van der Waals surface area contributed by atoms with Crippen LogP contribution in [0.4, 0.5) is 0 Å². The zero-order valence-electron chi connectivity index (χ0n) is 15.7. The van der Waals surface area contributed by atoms with E-state index in [0.29, 0.717) is 23.9 Å². The molecule has 6 nitrogen and oxygen atoms in total. The summed E-state index contributed by atoms with van der Waals surface area (Å²) in [5.41, 5.74) is 2.16. The Morgan fingerprint density at radius 2 is 1.78 bits per heavy atom. The molecule has 0 saturated carbocycles. The molecule has 2 aromatic carbocycles. The molecule has 148 valence electrons. The minimum absolute atomic E-state index is 0. The van der Waals surface area contributed by atoms with Crippen LogP contribution in [0, 0.1) is 0 Å². The molecular weight excluding hydrogens is 477 g/mol. The number of nitrogens with zero attached hydrogens (tertiary/aromatic N) is 1. The van der Waals surface area contributed by atoms with Gasteiger partial charge in [-0.3, -0.25) is 4.99 Å². The van der Waals surface area contributed by atoms with E-state index in [1.54, 1.807) is 26.3 Å². The smallest absolute Gasteiger partial charge is 0.191 e. The summed E-state index contributed by atoms with van der Waals surface area (Å²) in [6.45, 7) is 1.33. The van der Waals surface area contributed by atoms with Gasteiger partial charge in [0.1, 0.15) is 5.75 Å². The Hall–Kier alpha value is -1.81. The summed E-state index contributed by atoms with van der Waals surface area (Å²) in [6.07, 6.45) is 1.98. The predicted molar refractivity (Wildman–Crippen MR) is 120 cm³/mol. The zero-order valence-corrected chi connectivity index (χ0v) is 18.9. The molecule has 2 aromatic rings. The second kappa shape index (κ2) is 11.1. The maximum atomic E-state index is 11.5. The van der Waals surface area contributed by atoms with Crippen molar-refractivity contribution < 1.29 is 13.2 Å². The van der Waals surface area contributed by atoms with Crippen molar-refractivity contribution >= 4 is 39.8 Å². The lowest BCUT2D eigenvalue weighted by Crippen LogP contribution is -2.37. The van der Waals surface area contributed by atoms with Gasteiger partial charge >= 0.3 is 0 Å². The van der Waals surface area contributed by atoms with Crippen LogP contribution in [0.15, 0.2) is 58.4 Å². The number of methoxy groups -OCH3 is 1. The van der Waals surface area contributed by atoms with Crippen molar-refractivity contribution in [2.75, 3.05) is 27.0 Å². The standard InChI is InChI=1S/C19H25N3O3S.HI/c1-20-19(22-14-16-5-4-6-17(13-16)25-2)21-12-11-15-7-9-18(10-8-15)26(3,23)24;/h4-10,13H,11-12,14H2,1-3H3,(H2,20,21,22);1H. The van der Waals surface area contributed by atoms with Crippen LogP contribution >= 0.6 is 24.0 Å². The van der Waals surface area contributed by atoms with E-state index < -0.39 is 9.84 Å². The van der Waals surface area contributed by atoms with E-state index in [2.05, 4.69) is 15.6 Å². The molecule has 27 heavy (non-hydrogen) atoms. The SMILES string of the molecule is CN=C(NCCc1ccc(S(C)(=O)=O)cc1)NCc1cccc(OC)c1.I. The highest BCUT2D eigenvalue weighted by Gasteiger charge is 2.06. The van der Waals surface area contributed by atoms with E-state index in [-0.39, 0.29) is 24.0 Å². The van der Waals surface area contributed by atoms with Crippen LogP contribution < -0.4 is 15.4 Å². The summed E-state index contributed by atoms with van der Waals surface area (Å²) in [5.74, 6) is 1.53. The largest absolute Gasteiger partial charge is 0.497 e. The normalized spacial score (nSPS) is 11.4. The number of halogens is 1. The molecule has 0 saturated heterocycles. The van der Waals surface area contributed by atoms with Crippen molar-refractivity contribution in [1.29, 1.82) is 0 Å². The number of aliphatic imine (C=N–C) groups is 1. The molecule has 0 aliphatic carbocycles. The van der Waals surface area contributed by atoms with Gasteiger partial charge in [-0.15, -0.1) is 24.0 Å². The summed E-state index contributed by atoms with van der Waals surface area (Å²) in [6, 6.07) is 14.8. The average molecular weight is 503 g/mol. The Balaban J connectivity index is 0.00000364. The lowest BCUT2D eigenvalue weighted by Gasteiger charge is -2.12. The van der Waals surface area contributed by atoms with Crippen LogP contribution in [0.5, 0.6) is 5.75 Å². The fourth-order valence-electron chi connectivity index (χ4n) is 2.42. The Labute approximate surface area is 178 Å². The maximum absolute atomic E-state index is 11.5. The monoisotopic (exact) mass is 503 g/mol. The third kappa shape index (κ3) is 7.76. The molecule has 0 amide bonds. The number of sulfone groups is 1. The van der Waals surface area contributed by atoms with Crippen molar-refractivity contribution in [2.45, 2.75) is 17.9 Å². The van der Waals surface area contributed by atoms with E-state index >= 15 is 0 Å². The summed E-state index contributed by atoms with van der Waals surface area (Å²) >= 11 is 0. The van der Waals surface area contributed by atoms with Gasteiger partial charge in [-0.05, 0) is 41.8 Å². The number of hydrogen-bond acceptors (Lipinski definition) is 4. The zero-order chi connectivity index (χ0) is 19.0. The Bertz CT molecular complexity index is 853. The fourth-order valence-corrected chi connectivity index (χ4v) is 3.05. The quantitative estimate of drug-likeness (QED) is 0.345. The second-order valence-corrected chi connectivity index (χ2v) is 7.89. The van der Waals surface area contributed by atoms with Crippen molar-refractivity contribution in [1.82, 2.24) is 10.6 Å². The first kappa shape index (κ1) is 23.2. The van der Waals surface area contributed by atoms with Gasteiger partial charge in [0.15, 0.2) is 15.8 Å². The Morgan fingerprint density at radius 3 is 2.37 bits per heavy atom. The van der Waals surface area contributed by atoms with Crippen LogP contribution in [0.25, 0.3) is 0 Å². The van der Waals surface area contributed by atoms with E-state index in [4.69, 9.17) is 4.74 Å². The summed E-state index contributed by atoms with van der Waals surface area (Å²) < 4.78 is 28.2. The third-order valence-electron chi connectivity index (χ3n) is 3.88. The number of ether oxygens (including phenoxy) is 1. The molecule has 0 aliphatic rings. The lowest BCUT2D eigenvalue weighted by atomic mass is 10.1. The van der Waals surface area contributed by atoms with Crippen LogP contribution in [0.1, 0.15) is 11.1 Å². The lowest BCUT2D eigenvalue weighted by molar-refractivity contribution is 0.414. The minimum Gasteiger partial charge on any atom is -0.497 e. The third-order valence-corrected chi connectivity index (χ3v) is 5.00. The van der Waals surface area contributed by atoms with Gasteiger partial charge < -0.3 is 15.4 Å². The number of rotatable bonds is 7. The second-order valence-electron chi connectivity index (χ2n) is 5.87. The first-order chi connectivity index (χ1) is 12.4. The van der Waals surface area contributed by atoms with Gasteiger partial charge in [0.2, 0.25) is 0 Å². The van der Waals surface area contributed by atoms with Gasteiger partial charge in [0.25, 0.3) is 0 Å². The van der Waals surface area contributed by atoms with E-state index in [9.17, 15) is 8.42 Å². The molecule has 0 bridgehead atoms. The molecule has 0 unspecified atom stereocenters. The molecule has 0 spiro atoms. The molecule has 0 heterocycles. The van der Waals surface area contributed by atoms with E-state index in [1.165, 1.54) is 6.26 Å². The van der Waals surface area contributed by atoms with Crippen LogP contribution in [-0.2, 0) is 22.8 Å². The Morgan fingerprint density at radius 1 is 1.07 bits per heavy atom. The van der Waals surface area contributed by atoms with E-state index in [0.717, 1.165) is 23.3 Å². The molecule has 0 aliphatic heterocycles. The minimum atomic E-state index is -3.15. The van der Waals surface area contributed by atoms with Crippen LogP contribution in [0.3, 0.4) is 0 Å². The van der Waals surface area contributed by atoms with Gasteiger partial charge in [0.05, 0.1) is 12.0 Å². The van der Waals surface area contributed by atoms with Crippen molar-refractivity contribution in [3.05, 3.63) is 59.7 Å². The number of nitrogens with one attached hydrogen (secondary N) is 2. The molecular formula is C19H26IN3O3S. The molecule has 0 fully saturated rings. The van der Waals surface area contributed by atoms with Crippen LogP contribution in [-0.4, -0.2) is 41.3 Å². The summed E-state index contributed by atoms with van der Waals surface area (Å²) in [5, 5.41) is 6.51. The van der Waals surface area contributed by atoms with Gasteiger partial charge in [0, 0.05) is 26.4 Å². The number of hydrogen-bond donors (Lipinski definition) is 2. The Kier molecular flexibility index (Phi) is 9.57. The molecule has 0 atom stereocenters. The van der Waals surface area contributed by atoms with Gasteiger partial charge in [-0.2, -0.15) is 0 Å². The average Bonchev–Trinajstić information content (AvgIpc) is 2.64. The molecule has 0 aromatic heterocycles. The topological polar surface area (TPSA) is 79.8 Å². The first-order valence-corrected chi connectivity index (χ1v) is 10.2. The highest BCUT2D eigenvalue weighted by Crippen LogP contribution is 2.12. The van der Waals surface area contributed by atoms with Gasteiger partial charge in [-0.1, -0.05) is 24.3 Å². The maximum Gasteiger partial charge on any atom is 0.191 e. The summed E-state index contributed by atoms with van der Waals surface area (Å²) in [7, 11) is 0.222. The highest BCUT2D eigenvalue weighted by atomic mass is 127. The summed E-state index contributed by atoms with van der Waals surface area (Å²) in [4.78, 5) is 4.55.